The van der Waals surface area contributed by atoms with Crippen LogP contribution in [0.15, 0.2) is 4.34 Å². The van der Waals surface area contributed by atoms with Crippen molar-refractivity contribution < 1.29 is 13.2 Å². The van der Waals surface area contributed by atoms with Crippen LogP contribution in [0.1, 0.15) is 26.7 Å². The number of anilines is 1. The maximum absolute atomic E-state index is 12.5. The van der Waals surface area contributed by atoms with Gasteiger partial charge in [0.15, 0.2) is 0 Å². The Balaban J connectivity index is 2.08. The first kappa shape index (κ1) is 16.3. The number of hydrogen-bond donors (Lipinski definition) is 2. The number of aromatic nitrogens is 2. The molecule has 118 valence electrons. The molecule has 10 heteroatoms. The molecule has 0 saturated carbocycles. The van der Waals surface area contributed by atoms with E-state index in [-0.39, 0.29) is 21.4 Å². The molecule has 3 N–H and O–H groups in total. The molecule has 1 aliphatic rings. The molecule has 1 saturated heterocycles. The minimum absolute atomic E-state index is 0.0720. The van der Waals surface area contributed by atoms with Crippen molar-refractivity contribution in [2.45, 2.75) is 37.1 Å². The fourth-order valence-corrected chi connectivity index (χ4v) is 4.82. The molecule has 0 bridgehead atoms. The quantitative estimate of drug-likeness (QED) is 0.762. The Hall–Kier alpha value is -1.10. The second-order valence-electron chi connectivity index (χ2n) is 5.15. The second kappa shape index (κ2) is 6.34. The van der Waals surface area contributed by atoms with E-state index >= 15 is 0 Å². The summed E-state index contributed by atoms with van der Waals surface area (Å²) in [4.78, 5) is 10.9. The summed E-state index contributed by atoms with van der Waals surface area (Å²) >= 11 is 0.860. The highest BCUT2D eigenvalue weighted by Crippen LogP contribution is 2.27. The van der Waals surface area contributed by atoms with Crippen molar-refractivity contribution >= 4 is 32.4 Å². The summed E-state index contributed by atoms with van der Waals surface area (Å²) in [6.07, 6.45) is 1.49. The van der Waals surface area contributed by atoms with Crippen LogP contribution in [0.4, 0.5) is 5.13 Å². The van der Waals surface area contributed by atoms with Gasteiger partial charge < -0.3 is 11.1 Å². The predicted molar refractivity (Wildman–Crippen MR) is 79.3 cm³/mol. The number of amides is 1. The molecule has 1 aromatic heterocycles. The lowest BCUT2D eigenvalue weighted by Crippen LogP contribution is -2.42. The molecule has 0 spiro atoms. The summed E-state index contributed by atoms with van der Waals surface area (Å²) in [5.41, 5.74) is 5.85. The van der Waals surface area contributed by atoms with Crippen molar-refractivity contribution in [2.24, 2.45) is 11.7 Å². The SMILES string of the molecule is CC(=O)Nc1nnc(S(=O)(=O)N2CCC(C(C)N)CC2)s1. The van der Waals surface area contributed by atoms with Crippen LogP contribution >= 0.6 is 11.3 Å². The lowest BCUT2D eigenvalue weighted by molar-refractivity contribution is -0.114. The number of nitrogens with zero attached hydrogens (tertiary/aromatic N) is 3. The van der Waals surface area contributed by atoms with Crippen LogP contribution in [0.25, 0.3) is 0 Å². The molecule has 1 unspecified atom stereocenters. The van der Waals surface area contributed by atoms with Crippen LogP contribution < -0.4 is 11.1 Å². The molecule has 0 aromatic carbocycles. The third-order valence-electron chi connectivity index (χ3n) is 3.49. The molecule has 2 heterocycles. The first-order valence-electron chi connectivity index (χ1n) is 6.67. The third kappa shape index (κ3) is 3.76. The van der Waals surface area contributed by atoms with Crippen molar-refractivity contribution in [3.63, 3.8) is 0 Å². The smallest absolute Gasteiger partial charge is 0.272 e. The molecule has 8 nitrogen and oxygen atoms in total. The van der Waals surface area contributed by atoms with E-state index in [0.29, 0.717) is 19.0 Å². The van der Waals surface area contributed by atoms with Crippen molar-refractivity contribution in [3.05, 3.63) is 0 Å². The number of sulfonamides is 1. The summed E-state index contributed by atoms with van der Waals surface area (Å²) in [7, 11) is -3.64. The summed E-state index contributed by atoms with van der Waals surface area (Å²) < 4.78 is 26.2. The number of nitrogens with one attached hydrogen (secondary N) is 1. The van der Waals surface area contributed by atoms with Gasteiger partial charge in [-0.2, -0.15) is 4.31 Å². The van der Waals surface area contributed by atoms with E-state index in [0.717, 1.165) is 24.2 Å². The largest absolute Gasteiger partial charge is 0.328 e. The molecule has 21 heavy (non-hydrogen) atoms. The average molecular weight is 333 g/mol. The third-order valence-corrected chi connectivity index (χ3v) is 6.58. The summed E-state index contributed by atoms with van der Waals surface area (Å²) in [6, 6.07) is 0.0720. The summed E-state index contributed by atoms with van der Waals surface area (Å²) in [5.74, 6) is 0.0358. The zero-order valence-corrected chi connectivity index (χ0v) is 13.6. The first-order valence-corrected chi connectivity index (χ1v) is 8.93. The molecule has 0 aliphatic carbocycles. The van der Waals surface area contributed by atoms with Gasteiger partial charge in [-0.25, -0.2) is 8.42 Å². The fraction of sp³-hybridized carbons (Fsp3) is 0.727. The van der Waals surface area contributed by atoms with Gasteiger partial charge in [-0.15, -0.1) is 10.2 Å². The molecule has 0 radical (unpaired) electrons. The standard InChI is InChI=1S/C11H19N5O3S2/c1-7(12)9-3-5-16(6-4-9)21(18,19)11-15-14-10(20-11)13-8(2)17/h7,9H,3-6,12H2,1-2H3,(H,13,14,17). The van der Waals surface area contributed by atoms with Crippen molar-refractivity contribution in [1.29, 1.82) is 0 Å². The number of rotatable bonds is 4. The van der Waals surface area contributed by atoms with Gasteiger partial charge in [-0.05, 0) is 25.7 Å². The maximum atomic E-state index is 12.5. The number of hydrogen-bond acceptors (Lipinski definition) is 7. The Bertz CT molecular complexity index is 605. The van der Waals surface area contributed by atoms with Crippen LogP contribution in [-0.4, -0.2) is 48.0 Å². The van der Waals surface area contributed by atoms with Crippen molar-refractivity contribution in [3.8, 4) is 0 Å². The fourth-order valence-electron chi connectivity index (χ4n) is 2.27. The molecule has 1 aliphatic heterocycles. The average Bonchev–Trinajstić information content (AvgIpc) is 2.87. The molecule has 1 fully saturated rings. The zero-order valence-electron chi connectivity index (χ0n) is 11.9. The molecule has 1 amide bonds. The zero-order chi connectivity index (χ0) is 15.6. The Morgan fingerprint density at radius 3 is 2.57 bits per heavy atom. The van der Waals surface area contributed by atoms with Gasteiger partial charge in [-0.3, -0.25) is 4.79 Å². The second-order valence-corrected chi connectivity index (χ2v) is 8.24. The Kier molecular flexibility index (Phi) is 4.91. The summed E-state index contributed by atoms with van der Waals surface area (Å²) in [5, 5.41) is 9.96. The summed E-state index contributed by atoms with van der Waals surface area (Å²) in [6.45, 7) is 4.14. The highest BCUT2D eigenvalue weighted by molar-refractivity contribution is 7.91. The normalized spacial score (nSPS) is 19.4. The number of piperidine rings is 1. The van der Waals surface area contributed by atoms with E-state index in [1.54, 1.807) is 0 Å². The minimum Gasteiger partial charge on any atom is -0.328 e. The van der Waals surface area contributed by atoms with Crippen LogP contribution in [0.5, 0.6) is 0 Å². The Labute approximate surface area is 127 Å². The van der Waals surface area contributed by atoms with E-state index in [4.69, 9.17) is 5.73 Å². The molecular weight excluding hydrogens is 314 g/mol. The lowest BCUT2D eigenvalue weighted by atomic mass is 9.92. The van der Waals surface area contributed by atoms with Gasteiger partial charge in [0.1, 0.15) is 0 Å². The van der Waals surface area contributed by atoms with E-state index in [2.05, 4.69) is 15.5 Å². The van der Waals surface area contributed by atoms with E-state index < -0.39 is 10.0 Å². The topological polar surface area (TPSA) is 118 Å². The van der Waals surface area contributed by atoms with Gasteiger partial charge in [0.2, 0.25) is 15.4 Å². The highest BCUT2D eigenvalue weighted by atomic mass is 32.2. The monoisotopic (exact) mass is 333 g/mol. The predicted octanol–water partition coefficient (Wildman–Crippen LogP) is 0.244. The van der Waals surface area contributed by atoms with Gasteiger partial charge in [0, 0.05) is 26.1 Å². The van der Waals surface area contributed by atoms with Crippen LogP contribution in [-0.2, 0) is 14.8 Å². The lowest BCUT2D eigenvalue weighted by Gasteiger charge is -2.32. The Morgan fingerprint density at radius 2 is 2.05 bits per heavy atom. The number of carbonyl (C=O) groups is 1. The van der Waals surface area contributed by atoms with E-state index in [9.17, 15) is 13.2 Å². The molecule has 2 rings (SSSR count). The number of nitrogens with two attached hydrogens (primary N) is 1. The number of carbonyl (C=O) groups excluding carboxylic acids is 1. The molecule has 1 aromatic rings. The molecular formula is C11H19N5O3S2. The van der Waals surface area contributed by atoms with Gasteiger partial charge in [0.05, 0.1) is 0 Å². The minimum atomic E-state index is -3.64. The Morgan fingerprint density at radius 1 is 1.43 bits per heavy atom. The van der Waals surface area contributed by atoms with Crippen molar-refractivity contribution in [2.75, 3.05) is 18.4 Å². The van der Waals surface area contributed by atoms with Gasteiger partial charge in [0.25, 0.3) is 10.0 Å². The van der Waals surface area contributed by atoms with Crippen molar-refractivity contribution in [1.82, 2.24) is 14.5 Å². The first-order chi connectivity index (χ1) is 9.80. The van der Waals surface area contributed by atoms with Gasteiger partial charge >= 0.3 is 0 Å². The maximum Gasteiger partial charge on any atom is 0.272 e. The van der Waals surface area contributed by atoms with Crippen LogP contribution in [0.2, 0.25) is 0 Å². The van der Waals surface area contributed by atoms with Crippen LogP contribution in [0, 0.1) is 5.92 Å². The van der Waals surface area contributed by atoms with Crippen LogP contribution in [0.3, 0.4) is 0 Å². The van der Waals surface area contributed by atoms with E-state index in [1.165, 1.54) is 11.2 Å². The highest BCUT2D eigenvalue weighted by Gasteiger charge is 2.33. The molecule has 1 atom stereocenters. The van der Waals surface area contributed by atoms with Gasteiger partial charge in [-0.1, -0.05) is 11.3 Å². The van der Waals surface area contributed by atoms with E-state index in [1.807, 2.05) is 6.92 Å².